The number of nitrogens with zero attached hydrogens (tertiary/aromatic N) is 2. The molecule has 1 aliphatic rings. The van der Waals surface area contributed by atoms with Crippen molar-refractivity contribution in [1.29, 1.82) is 5.26 Å². The standard InChI is InChI=1S/C12H11F3N2O2S/c13-9-4-10(14)12(11(15)5-9)20(18,19)17-3-1-2-8(6-16)7-17/h4-5,8H,1-3,7H2. The Bertz CT molecular complexity index is 647. The van der Waals surface area contributed by atoms with Crippen molar-refractivity contribution in [2.75, 3.05) is 13.1 Å². The van der Waals surface area contributed by atoms with Gasteiger partial charge in [0.05, 0.1) is 12.0 Å². The summed E-state index contributed by atoms with van der Waals surface area (Å²) in [4.78, 5) is -1.17. The molecule has 20 heavy (non-hydrogen) atoms. The monoisotopic (exact) mass is 304 g/mol. The lowest BCUT2D eigenvalue weighted by molar-refractivity contribution is 0.302. The summed E-state index contributed by atoms with van der Waals surface area (Å²) in [5, 5.41) is 8.82. The number of hydrogen-bond acceptors (Lipinski definition) is 3. The van der Waals surface area contributed by atoms with Crippen LogP contribution in [-0.4, -0.2) is 25.8 Å². The van der Waals surface area contributed by atoms with Crippen LogP contribution in [0.25, 0.3) is 0 Å². The lowest BCUT2D eigenvalue weighted by atomic mass is 10.0. The summed E-state index contributed by atoms with van der Waals surface area (Å²) in [6, 6.07) is 2.58. The van der Waals surface area contributed by atoms with Crippen molar-refractivity contribution in [1.82, 2.24) is 4.31 Å². The first kappa shape index (κ1) is 14.8. The second-order valence-electron chi connectivity index (χ2n) is 4.53. The molecule has 0 saturated carbocycles. The average Bonchev–Trinajstić information content (AvgIpc) is 2.37. The number of halogens is 3. The van der Waals surface area contributed by atoms with Crippen molar-refractivity contribution in [3.63, 3.8) is 0 Å². The Balaban J connectivity index is 2.43. The van der Waals surface area contributed by atoms with E-state index < -0.39 is 38.3 Å². The predicted molar refractivity (Wildman–Crippen MR) is 63.4 cm³/mol. The number of rotatable bonds is 2. The van der Waals surface area contributed by atoms with Gasteiger partial charge < -0.3 is 0 Å². The van der Waals surface area contributed by atoms with Gasteiger partial charge in [-0.3, -0.25) is 0 Å². The zero-order chi connectivity index (χ0) is 14.9. The van der Waals surface area contributed by atoms with Crippen molar-refractivity contribution < 1.29 is 21.6 Å². The molecule has 0 N–H and O–H groups in total. The Hall–Kier alpha value is -1.59. The van der Waals surface area contributed by atoms with E-state index >= 15 is 0 Å². The van der Waals surface area contributed by atoms with Crippen molar-refractivity contribution in [2.45, 2.75) is 17.7 Å². The van der Waals surface area contributed by atoms with E-state index in [0.717, 1.165) is 4.31 Å². The maximum absolute atomic E-state index is 13.6. The number of sulfonamides is 1. The summed E-state index contributed by atoms with van der Waals surface area (Å²) >= 11 is 0. The van der Waals surface area contributed by atoms with Gasteiger partial charge in [-0.05, 0) is 12.8 Å². The van der Waals surface area contributed by atoms with Crippen LogP contribution in [-0.2, 0) is 10.0 Å². The molecular weight excluding hydrogens is 293 g/mol. The number of nitriles is 1. The molecule has 0 bridgehead atoms. The fraction of sp³-hybridized carbons (Fsp3) is 0.417. The van der Waals surface area contributed by atoms with E-state index in [2.05, 4.69) is 0 Å². The van der Waals surface area contributed by atoms with Crippen LogP contribution in [0.3, 0.4) is 0 Å². The molecule has 1 aromatic carbocycles. The van der Waals surface area contributed by atoms with Gasteiger partial charge in [-0.25, -0.2) is 21.6 Å². The SMILES string of the molecule is N#CC1CCCN(S(=O)(=O)c2c(F)cc(F)cc2F)C1. The Labute approximate surface area is 114 Å². The Morgan fingerprint density at radius 1 is 1.25 bits per heavy atom. The van der Waals surface area contributed by atoms with Crippen LogP contribution in [0.1, 0.15) is 12.8 Å². The number of piperidine rings is 1. The molecule has 4 nitrogen and oxygen atoms in total. The van der Waals surface area contributed by atoms with Crippen LogP contribution < -0.4 is 0 Å². The fourth-order valence-electron chi connectivity index (χ4n) is 2.17. The molecule has 1 aliphatic heterocycles. The van der Waals surface area contributed by atoms with Gasteiger partial charge in [-0.15, -0.1) is 0 Å². The molecule has 0 aliphatic carbocycles. The number of hydrogen-bond donors (Lipinski definition) is 0. The molecule has 1 fully saturated rings. The molecule has 1 heterocycles. The minimum Gasteiger partial charge on any atom is -0.207 e. The molecule has 8 heteroatoms. The predicted octanol–water partition coefficient (Wildman–Crippen LogP) is 2.03. The smallest absolute Gasteiger partial charge is 0.207 e. The van der Waals surface area contributed by atoms with Crippen LogP contribution in [0, 0.1) is 34.7 Å². The van der Waals surface area contributed by atoms with Crippen molar-refractivity contribution in [3.05, 3.63) is 29.6 Å². The minimum atomic E-state index is -4.42. The van der Waals surface area contributed by atoms with Crippen LogP contribution in [0.4, 0.5) is 13.2 Å². The normalized spacial score (nSPS) is 20.6. The van der Waals surface area contributed by atoms with Crippen LogP contribution in [0.15, 0.2) is 17.0 Å². The van der Waals surface area contributed by atoms with E-state index in [0.29, 0.717) is 25.0 Å². The third kappa shape index (κ3) is 2.64. The van der Waals surface area contributed by atoms with Gasteiger partial charge in [0.2, 0.25) is 10.0 Å². The summed E-state index contributed by atoms with van der Waals surface area (Å²) in [6.45, 7) is -0.0359. The molecule has 0 radical (unpaired) electrons. The summed E-state index contributed by atoms with van der Waals surface area (Å²) in [6.07, 6.45) is 0.971. The maximum atomic E-state index is 13.6. The zero-order valence-electron chi connectivity index (χ0n) is 10.3. The average molecular weight is 304 g/mol. The van der Waals surface area contributed by atoms with E-state index in [1.165, 1.54) is 0 Å². The van der Waals surface area contributed by atoms with E-state index in [1.54, 1.807) is 0 Å². The molecule has 0 spiro atoms. The Kier molecular flexibility index (Phi) is 4.01. The second-order valence-corrected chi connectivity index (χ2v) is 6.40. The molecule has 1 aromatic rings. The molecule has 0 aromatic heterocycles. The molecule has 1 atom stereocenters. The van der Waals surface area contributed by atoms with Gasteiger partial charge in [-0.2, -0.15) is 9.57 Å². The van der Waals surface area contributed by atoms with Crippen molar-refractivity contribution >= 4 is 10.0 Å². The van der Waals surface area contributed by atoms with Crippen molar-refractivity contribution in [2.24, 2.45) is 5.92 Å². The molecule has 0 amide bonds. The van der Waals surface area contributed by atoms with E-state index in [9.17, 15) is 21.6 Å². The van der Waals surface area contributed by atoms with Crippen LogP contribution >= 0.6 is 0 Å². The quantitative estimate of drug-likeness (QED) is 0.840. The highest BCUT2D eigenvalue weighted by molar-refractivity contribution is 7.89. The highest BCUT2D eigenvalue weighted by Crippen LogP contribution is 2.27. The first-order chi connectivity index (χ1) is 9.36. The minimum absolute atomic E-state index is 0.0801. The molecule has 2 rings (SSSR count). The van der Waals surface area contributed by atoms with Gasteiger partial charge in [0, 0.05) is 25.2 Å². The first-order valence-corrected chi connectivity index (χ1v) is 7.34. The summed E-state index contributed by atoms with van der Waals surface area (Å²) in [5.74, 6) is -4.64. The van der Waals surface area contributed by atoms with Gasteiger partial charge >= 0.3 is 0 Å². The third-order valence-electron chi connectivity index (χ3n) is 3.13. The molecular formula is C12H11F3N2O2S. The zero-order valence-corrected chi connectivity index (χ0v) is 11.1. The maximum Gasteiger partial charge on any atom is 0.248 e. The van der Waals surface area contributed by atoms with Crippen molar-refractivity contribution in [3.8, 4) is 6.07 Å². The summed E-state index contributed by atoms with van der Waals surface area (Å²) in [5.41, 5.74) is 0. The van der Waals surface area contributed by atoms with Crippen LogP contribution in [0.5, 0.6) is 0 Å². The van der Waals surface area contributed by atoms with Gasteiger partial charge in [0.15, 0.2) is 4.90 Å². The van der Waals surface area contributed by atoms with Gasteiger partial charge in [-0.1, -0.05) is 0 Å². The topological polar surface area (TPSA) is 61.2 Å². The molecule has 1 unspecified atom stereocenters. The molecule has 108 valence electrons. The highest BCUT2D eigenvalue weighted by Gasteiger charge is 2.34. The summed E-state index contributed by atoms with van der Waals surface area (Å²) < 4.78 is 65.3. The number of benzene rings is 1. The lowest BCUT2D eigenvalue weighted by Gasteiger charge is -2.28. The Morgan fingerprint density at radius 2 is 1.85 bits per heavy atom. The fourth-order valence-corrected chi connectivity index (χ4v) is 3.79. The second kappa shape index (κ2) is 5.42. The van der Waals surface area contributed by atoms with E-state index in [1.807, 2.05) is 6.07 Å². The van der Waals surface area contributed by atoms with Gasteiger partial charge in [0.1, 0.15) is 17.5 Å². The van der Waals surface area contributed by atoms with Crippen LogP contribution in [0.2, 0.25) is 0 Å². The lowest BCUT2D eigenvalue weighted by Crippen LogP contribution is -2.40. The largest absolute Gasteiger partial charge is 0.248 e. The van der Waals surface area contributed by atoms with E-state index in [-0.39, 0.29) is 13.1 Å². The Morgan fingerprint density at radius 3 is 2.40 bits per heavy atom. The summed E-state index contributed by atoms with van der Waals surface area (Å²) in [7, 11) is -4.42. The van der Waals surface area contributed by atoms with E-state index in [4.69, 9.17) is 5.26 Å². The first-order valence-electron chi connectivity index (χ1n) is 5.90. The highest BCUT2D eigenvalue weighted by atomic mass is 32.2. The molecule has 1 saturated heterocycles. The van der Waals surface area contributed by atoms with Gasteiger partial charge in [0.25, 0.3) is 0 Å². The third-order valence-corrected chi connectivity index (χ3v) is 5.05.